The Morgan fingerprint density at radius 3 is 2.68 bits per heavy atom. The predicted molar refractivity (Wildman–Crippen MR) is 82.6 cm³/mol. The highest BCUT2D eigenvalue weighted by atomic mass is 32.1. The molecule has 0 spiro atoms. The SMILES string of the molecule is COC[C@H]1O[C@@H](n2cc(C)c(=O)[nH]c2=S)[C@](C)(OC)C1OC. The second kappa shape index (κ2) is 6.59. The van der Waals surface area contributed by atoms with Crippen LogP contribution < -0.4 is 5.56 Å². The Balaban J connectivity index is 2.52. The molecule has 0 saturated carbocycles. The van der Waals surface area contributed by atoms with E-state index in [1.807, 2.05) is 6.92 Å². The van der Waals surface area contributed by atoms with Crippen LogP contribution in [0.15, 0.2) is 11.0 Å². The van der Waals surface area contributed by atoms with Crippen LogP contribution in [0, 0.1) is 11.7 Å². The maximum absolute atomic E-state index is 11.7. The van der Waals surface area contributed by atoms with E-state index in [0.717, 1.165) is 0 Å². The largest absolute Gasteiger partial charge is 0.382 e. The van der Waals surface area contributed by atoms with Crippen LogP contribution in [-0.4, -0.2) is 55.3 Å². The molecule has 1 N–H and O–H groups in total. The van der Waals surface area contributed by atoms with Gasteiger partial charge in [-0.15, -0.1) is 0 Å². The molecule has 1 aromatic heterocycles. The number of H-pyrrole nitrogens is 1. The number of aryl methyl sites for hydroxylation is 1. The van der Waals surface area contributed by atoms with Crippen LogP contribution in [0.3, 0.4) is 0 Å². The third-order valence-corrected chi connectivity index (χ3v) is 4.43. The van der Waals surface area contributed by atoms with Crippen molar-refractivity contribution in [1.29, 1.82) is 0 Å². The molecule has 0 aliphatic carbocycles. The van der Waals surface area contributed by atoms with Gasteiger partial charge in [0.2, 0.25) is 0 Å². The van der Waals surface area contributed by atoms with Crippen molar-refractivity contribution in [1.82, 2.24) is 9.55 Å². The zero-order valence-corrected chi connectivity index (χ0v) is 14.2. The van der Waals surface area contributed by atoms with E-state index in [4.69, 9.17) is 31.2 Å². The first-order chi connectivity index (χ1) is 10.4. The summed E-state index contributed by atoms with van der Waals surface area (Å²) >= 11 is 5.26. The lowest BCUT2D eigenvalue weighted by atomic mass is 9.96. The Morgan fingerprint density at radius 2 is 2.14 bits per heavy atom. The zero-order valence-electron chi connectivity index (χ0n) is 13.4. The van der Waals surface area contributed by atoms with E-state index in [2.05, 4.69) is 4.98 Å². The molecule has 1 unspecified atom stereocenters. The Morgan fingerprint density at radius 1 is 1.45 bits per heavy atom. The van der Waals surface area contributed by atoms with Gasteiger partial charge in [-0.05, 0) is 26.1 Å². The van der Waals surface area contributed by atoms with E-state index in [1.165, 1.54) is 0 Å². The highest BCUT2D eigenvalue weighted by molar-refractivity contribution is 7.71. The average molecular weight is 330 g/mol. The fraction of sp³-hybridized carbons (Fsp3) is 0.714. The number of aromatic nitrogens is 2. The van der Waals surface area contributed by atoms with Crippen LogP contribution in [-0.2, 0) is 18.9 Å². The summed E-state index contributed by atoms with van der Waals surface area (Å²) in [6.07, 6.45) is 0.492. The van der Waals surface area contributed by atoms with Crippen molar-refractivity contribution in [3.63, 3.8) is 0 Å². The van der Waals surface area contributed by atoms with Crippen molar-refractivity contribution >= 4 is 12.2 Å². The van der Waals surface area contributed by atoms with Gasteiger partial charge in [-0.2, -0.15) is 0 Å². The Labute approximate surface area is 134 Å². The Bertz CT molecular complexity index is 643. The van der Waals surface area contributed by atoms with Crippen LogP contribution in [0.5, 0.6) is 0 Å². The molecular formula is C14H22N2O5S. The van der Waals surface area contributed by atoms with E-state index < -0.39 is 11.8 Å². The molecule has 1 aliphatic heterocycles. The molecule has 4 atom stereocenters. The number of nitrogens with zero attached hydrogens (tertiary/aromatic N) is 1. The molecule has 1 fully saturated rings. The van der Waals surface area contributed by atoms with Gasteiger partial charge in [0.15, 0.2) is 11.0 Å². The number of ether oxygens (including phenoxy) is 4. The third kappa shape index (κ3) is 2.77. The van der Waals surface area contributed by atoms with E-state index in [0.29, 0.717) is 12.2 Å². The van der Waals surface area contributed by atoms with E-state index >= 15 is 0 Å². The van der Waals surface area contributed by atoms with E-state index in [9.17, 15) is 4.79 Å². The highest BCUT2D eigenvalue weighted by Crippen LogP contribution is 2.42. The summed E-state index contributed by atoms with van der Waals surface area (Å²) in [5.74, 6) is 0. The minimum absolute atomic E-state index is 0.213. The van der Waals surface area contributed by atoms with Gasteiger partial charge in [-0.25, -0.2) is 0 Å². The Kier molecular flexibility index (Phi) is 5.18. The smallest absolute Gasteiger partial charge is 0.254 e. The maximum atomic E-state index is 11.7. The maximum Gasteiger partial charge on any atom is 0.254 e. The fourth-order valence-electron chi connectivity index (χ4n) is 2.88. The summed E-state index contributed by atoms with van der Waals surface area (Å²) in [6.45, 7) is 3.97. The van der Waals surface area contributed by atoms with Crippen molar-refractivity contribution in [2.24, 2.45) is 0 Å². The molecule has 0 radical (unpaired) electrons. The number of nitrogens with one attached hydrogen (secondary N) is 1. The molecule has 1 aromatic rings. The van der Waals surface area contributed by atoms with E-state index in [1.54, 1.807) is 39.0 Å². The van der Waals surface area contributed by atoms with Gasteiger partial charge < -0.3 is 18.9 Å². The van der Waals surface area contributed by atoms with Crippen LogP contribution in [0.2, 0.25) is 0 Å². The number of methoxy groups -OCH3 is 3. The normalized spacial score (nSPS) is 31.6. The lowest BCUT2D eigenvalue weighted by Crippen LogP contribution is -2.47. The van der Waals surface area contributed by atoms with Crippen molar-refractivity contribution in [2.75, 3.05) is 27.9 Å². The molecular weight excluding hydrogens is 308 g/mol. The third-order valence-electron chi connectivity index (χ3n) is 4.12. The minimum Gasteiger partial charge on any atom is -0.382 e. The minimum atomic E-state index is -0.777. The molecule has 0 amide bonds. The molecule has 1 saturated heterocycles. The van der Waals surface area contributed by atoms with Gasteiger partial charge in [0.1, 0.15) is 17.8 Å². The Hall–Kier alpha value is -1.06. The van der Waals surface area contributed by atoms with Crippen molar-refractivity contribution in [3.05, 3.63) is 26.9 Å². The second-order valence-corrected chi connectivity index (χ2v) is 5.89. The molecule has 0 aromatic carbocycles. The number of hydrogen-bond donors (Lipinski definition) is 1. The number of aromatic amines is 1. The zero-order chi connectivity index (χ0) is 16.5. The van der Waals surface area contributed by atoms with Crippen molar-refractivity contribution in [3.8, 4) is 0 Å². The average Bonchev–Trinajstić information content (AvgIpc) is 2.76. The molecule has 2 heterocycles. The van der Waals surface area contributed by atoms with Gasteiger partial charge in [-0.1, -0.05) is 0 Å². The summed E-state index contributed by atoms with van der Waals surface area (Å²) in [5, 5.41) is 0. The molecule has 2 rings (SSSR count). The first-order valence-corrected chi connectivity index (χ1v) is 7.34. The van der Waals surface area contributed by atoms with Crippen molar-refractivity contribution in [2.45, 2.75) is 37.9 Å². The lowest BCUT2D eigenvalue weighted by Gasteiger charge is -2.33. The lowest BCUT2D eigenvalue weighted by molar-refractivity contribution is -0.127. The first-order valence-electron chi connectivity index (χ1n) is 6.93. The summed E-state index contributed by atoms with van der Waals surface area (Å²) in [5.41, 5.74) is -0.448. The predicted octanol–water partition coefficient (Wildman–Crippen LogP) is 1.18. The van der Waals surface area contributed by atoms with Gasteiger partial charge in [-0.3, -0.25) is 14.3 Å². The molecule has 8 heteroatoms. The molecule has 0 bridgehead atoms. The van der Waals surface area contributed by atoms with Gasteiger partial charge in [0.05, 0.1) is 6.61 Å². The van der Waals surface area contributed by atoms with Gasteiger partial charge in [0, 0.05) is 33.1 Å². The summed E-state index contributed by atoms with van der Waals surface area (Å²) in [6, 6.07) is 0. The molecule has 1 aliphatic rings. The summed E-state index contributed by atoms with van der Waals surface area (Å²) < 4.78 is 24.5. The fourth-order valence-corrected chi connectivity index (χ4v) is 3.12. The standard InChI is InChI=1S/C14H22N2O5S/c1-8-6-16(13(22)15-11(8)17)12-14(2,20-5)10(19-4)9(21-12)7-18-3/h6,9-10,12H,7H2,1-5H3,(H,15,17,22)/t9-,10?,12-,14-/m1/s1. The topological polar surface area (TPSA) is 74.7 Å². The highest BCUT2D eigenvalue weighted by Gasteiger charge is 2.55. The second-order valence-electron chi connectivity index (χ2n) is 5.51. The molecule has 22 heavy (non-hydrogen) atoms. The van der Waals surface area contributed by atoms with Crippen LogP contribution in [0.1, 0.15) is 18.7 Å². The van der Waals surface area contributed by atoms with E-state index in [-0.39, 0.29) is 22.5 Å². The van der Waals surface area contributed by atoms with Crippen LogP contribution >= 0.6 is 12.2 Å². The number of rotatable bonds is 5. The quantitative estimate of drug-likeness (QED) is 0.817. The molecule has 7 nitrogen and oxygen atoms in total. The first kappa shape index (κ1) is 17.3. The number of hydrogen-bond acceptors (Lipinski definition) is 6. The molecule has 124 valence electrons. The van der Waals surface area contributed by atoms with Crippen LogP contribution in [0.25, 0.3) is 0 Å². The van der Waals surface area contributed by atoms with Gasteiger partial charge >= 0.3 is 0 Å². The summed E-state index contributed by atoms with van der Waals surface area (Å²) in [7, 11) is 4.80. The summed E-state index contributed by atoms with van der Waals surface area (Å²) in [4.78, 5) is 14.3. The van der Waals surface area contributed by atoms with Crippen molar-refractivity contribution < 1.29 is 18.9 Å². The van der Waals surface area contributed by atoms with Gasteiger partial charge in [0.25, 0.3) is 5.56 Å². The van der Waals surface area contributed by atoms with Crippen LogP contribution in [0.4, 0.5) is 0 Å². The monoisotopic (exact) mass is 330 g/mol.